The van der Waals surface area contributed by atoms with Crippen molar-refractivity contribution in [2.75, 3.05) is 4.90 Å². The lowest BCUT2D eigenvalue weighted by molar-refractivity contribution is -0.132. The summed E-state index contributed by atoms with van der Waals surface area (Å²) in [5, 5.41) is 20.5. The number of aromatic nitrogens is 3. The first-order valence-corrected chi connectivity index (χ1v) is 8.95. The second kappa shape index (κ2) is 6.19. The fourth-order valence-electron chi connectivity index (χ4n) is 2.68. The van der Waals surface area contributed by atoms with Crippen LogP contribution in [-0.4, -0.2) is 32.0 Å². The monoisotopic (exact) mass is 370 g/mol. The van der Waals surface area contributed by atoms with Gasteiger partial charge in [-0.3, -0.25) is 19.5 Å². The van der Waals surface area contributed by atoms with Crippen LogP contribution >= 0.6 is 22.7 Å². The van der Waals surface area contributed by atoms with Gasteiger partial charge in [0.1, 0.15) is 17.3 Å². The predicted molar refractivity (Wildman–Crippen MR) is 93.2 cm³/mol. The number of aliphatic hydroxyl groups excluding tert-OH is 1. The fraction of sp³-hybridized carbons (Fsp3) is 0.0625. The molecule has 3 aromatic rings. The van der Waals surface area contributed by atoms with Gasteiger partial charge >= 0.3 is 5.91 Å². The number of carbonyl (C=O) groups is 2. The van der Waals surface area contributed by atoms with Crippen molar-refractivity contribution >= 4 is 45.3 Å². The summed E-state index contributed by atoms with van der Waals surface area (Å²) in [5.41, 5.74) is 1.89. The van der Waals surface area contributed by atoms with Crippen LogP contribution in [0.2, 0.25) is 0 Å². The SMILES string of the molecule is O=C1C(=O)N(c2nncs2)C(c2cccs2)/C1=C(\O)c1cccnc1. The molecule has 0 bridgehead atoms. The van der Waals surface area contributed by atoms with Crippen LogP contribution in [0.25, 0.3) is 5.76 Å². The van der Waals surface area contributed by atoms with Crippen molar-refractivity contribution in [3.8, 4) is 0 Å². The molecule has 9 heteroatoms. The van der Waals surface area contributed by atoms with Crippen LogP contribution < -0.4 is 4.90 Å². The molecule has 124 valence electrons. The third kappa shape index (κ3) is 2.53. The van der Waals surface area contributed by atoms with Gasteiger partial charge in [0.25, 0.3) is 5.78 Å². The van der Waals surface area contributed by atoms with E-state index in [1.54, 1.807) is 18.3 Å². The molecule has 1 fully saturated rings. The fourth-order valence-corrected chi connectivity index (χ4v) is 4.08. The molecule has 1 saturated heterocycles. The van der Waals surface area contributed by atoms with Crippen LogP contribution in [0.1, 0.15) is 16.5 Å². The summed E-state index contributed by atoms with van der Waals surface area (Å²) in [6.07, 6.45) is 3.01. The highest BCUT2D eigenvalue weighted by molar-refractivity contribution is 7.13. The summed E-state index contributed by atoms with van der Waals surface area (Å²) in [6.45, 7) is 0. The number of ketones is 1. The highest BCUT2D eigenvalue weighted by Crippen LogP contribution is 2.43. The Morgan fingerprint density at radius 3 is 2.72 bits per heavy atom. The standard InChI is InChI=1S/C16H10N4O3S2/c21-13(9-3-1-5-17-7-9)11-12(10-4-2-6-24-10)20(15(23)14(11)22)16-19-18-8-25-16/h1-8,12,21H/b13-11+. The van der Waals surface area contributed by atoms with Crippen molar-refractivity contribution in [1.29, 1.82) is 0 Å². The first-order chi connectivity index (χ1) is 12.2. The van der Waals surface area contributed by atoms with Gasteiger partial charge in [-0.2, -0.15) is 0 Å². The van der Waals surface area contributed by atoms with Gasteiger partial charge in [0.05, 0.1) is 5.57 Å². The van der Waals surface area contributed by atoms with E-state index in [2.05, 4.69) is 15.2 Å². The van der Waals surface area contributed by atoms with Crippen LogP contribution in [0, 0.1) is 0 Å². The van der Waals surface area contributed by atoms with Gasteiger partial charge in [-0.15, -0.1) is 21.5 Å². The van der Waals surface area contributed by atoms with Crippen molar-refractivity contribution in [2.45, 2.75) is 6.04 Å². The van der Waals surface area contributed by atoms with Crippen molar-refractivity contribution in [3.63, 3.8) is 0 Å². The zero-order valence-corrected chi connectivity index (χ0v) is 14.2. The van der Waals surface area contributed by atoms with Crippen LogP contribution in [0.3, 0.4) is 0 Å². The number of nitrogens with zero attached hydrogens (tertiary/aromatic N) is 4. The topological polar surface area (TPSA) is 96.3 Å². The number of Topliss-reactive ketones (excluding diaryl/α,β-unsaturated/α-hetero) is 1. The second-order valence-corrected chi connectivity index (χ2v) is 6.94. The molecule has 0 spiro atoms. The number of amides is 1. The number of hydrogen-bond donors (Lipinski definition) is 1. The smallest absolute Gasteiger partial charge is 0.301 e. The summed E-state index contributed by atoms with van der Waals surface area (Å²) in [7, 11) is 0. The molecule has 1 aliphatic heterocycles. The quantitative estimate of drug-likeness (QED) is 0.432. The van der Waals surface area contributed by atoms with Gasteiger partial charge in [0.2, 0.25) is 5.13 Å². The average Bonchev–Trinajstić information content (AvgIpc) is 3.37. The average molecular weight is 370 g/mol. The summed E-state index contributed by atoms with van der Waals surface area (Å²) >= 11 is 2.55. The van der Waals surface area contributed by atoms with Gasteiger partial charge in [-0.25, -0.2) is 0 Å². The Labute approximate surface area is 149 Å². The highest BCUT2D eigenvalue weighted by atomic mass is 32.1. The van der Waals surface area contributed by atoms with Crippen LogP contribution in [0.15, 0.2) is 53.1 Å². The van der Waals surface area contributed by atoms with Crippen molar-refractivity contribution in [2.24, 2.45) is 0 Å². The first kappa shape index (κ1) is 15.6. The Morgan fingerprint density at radius 1 is 1.20 bits per heavy atom. The minimum atomic E-state index is -0.755. The van der Waals surface area contributed by atoms with Crippen LogP contribution in [0.5, 0.6) is 0 Å². The first-order valence-electron chi connectivity index (χ1n) is 7.19. The number of aliphatic hydroxyl groups is 1. The van der Waals surface area contributed by atoms with E-state index in [-0.39, 0.29) is 11.3 Å². The van der Waals surface area contributed by atoms with Crippen LogP contribution in [0.4, 0.5) is 5.13 Å². The third-order valence-corrected chi connectivity index (χ3v) is 5.36. The van der Waals surface area contributed by atoms with E-state index in [0.29, 0.717) is 10.7 Å². The number of carbonyl (C=O) groups excluding carboxylic acids is 2. The number of anilines is 1. The summed E-state index contributed by atoms with van der Waals surface area (Å²) in [5.74, 6) is -1.74. The maximum atomic E-state index is 12.7. The molecule has 3 aromatic heterocycles. The molecule has 1 atom stereocenters. The third-order valence-electron chi connectivity index (χ3n) is 3.75. The lowest BCUT2D eigenvalue weighted by Gasteiger charge is -2.20. The molecule has 1 unspecified atom stereocenters. The van der Waals surface area contributed by atoms with Gasteiger partial charge in [0, 0.05) is 22.8 Å². The molecule has 7 nitrogen and oxygen atoms in total. The van der Waals surface area contributed by atoms with E-state index in [1.807, 2.05) is 17.5 Å². The highest BCUT2D eigenvalue weighted by Gasteiger charge is 2.48. The Kier molecular flexibility index (Phi) is 3.86. The van der Waals surface area contributed by atoms with Gasteiger partial charge in [-0.05, 0) is 23.6 Å². The zero-order chi connectivity index (χ0) is 17.4. The number of rotatable bonds is 3. The van der Waals surface area contributed by atoms with E-state index in [0.717, 1.165) is 16.2 Å². The Bertz CT molecular complexity index is 953. The van der Waals surface area contributed by atoms with E-state index in [9.17, 15) is 14.7 Å². The Hall–Kier alpha value is -2.91. The molecule has 0 aliphatic carbocycles. The molecule has 1 aliphatic rings. The minimum Gasteiger partial charge on any atom is -0.507 e. The van der Waals surface area contributed by atoms with Crippen LogP contribution in [-0.2, 0) is 9.59 Å². The summed E-state index contributed by atoms with van der Waals surface area (Å²) in [4.78, 5) is 31.3. The largest absolute Gasteiger partial charge is 0.507 e. The van der Waals surface area contributed by atoms with Gasteiger partial charge in [0.15, 0.2) is 0 Å². The maximum absolute atomic E-state index is 12.7. The second-order valence-electron chi connectivity index (χ2n) is 5.15. The van der Waals surface area contributed by atoms with Gasteiger partial charge < -0.3 is 5.11 Å². The van der Waals surface area contributed by atoms with Crippen molar-refractivity contribution in [3.05, 3.63) is 63.6 Å². The lowest BCUT2D eigenvalue weighted by Crippen LogP contribution is -2.29. The van der Waals surface area contributed by atoms with E-state index in [4.69, 9.17) is 0 Å². The molecule has 0 saturated carbocycles. The number of pyridine rings is 1. The molecule has 4 rings (SSSR count). The molecule has 4 heterocycles. The summed E-state index contributed by atoms with van der Waals surface area (Å²) < 4.78 is 0. The number of thiophene rings is 1. The molecule has 1 amide bonds. The normalized spacial score (nSPS) is 19.5. The van der Waals surface area contributed by atoms with Crippen molar-refractivity contribution < 1.29 is 14.7 Å². The van der Waals surface area contributed by atoms with Gasteiger partial charge in [-0.1, -0.05) is 17.4 Å². The predicted octanol–water partition coefficient (Wildman–Crippen LogP) is 2.62. The molecule has 25 heavy (non-hydrogen) atoms. The Morgan fingerprint density at radius 2 is 2.08 bits per heavy atom. The zero-order valence-electron chi connectivity index (χ0n) is 12.6. The lowest BCUT2D eigenvalue weighted by atomic mass is 10.0. The molecule has 0 radical (unpaired) electrons. The van der Waals surface area contributed by atoms with E-state index >= 15 is 0 Å². The minimum absolute atomic E-state index is 0.0238. The van der Waals surface area contributed by atoms with Crippen molar-refractivity contribution in [1.82, 2.24) is 15.2 Å². The molecular weight excluding hydrogens is 360 g/mol. The summed E-state index contributed by atoms with van der Waals surface area (Å²) in [6, 6.07) is 6.17. The van der Waals surface area contributed by atoms with E-state index < -0.39 is 17.7 Å². The molecule has 1 N–H and O–H groups in total. The number of hydrogen-bond acceptors (Lipinski definition) is 8. The maximum Gasteiger partial charge on any atom is 0.301 e. The Balaban J connectivity index is 1.93. The van der Waals surface area contributed by atoms with E-state index in [1.165, 1.54) is 27.9 Å². The molecular formula is C16H10N4O3S2. The molecule has 0 aromatic carbocycles.